The van der Waals surface area contributed by atoms with Crippen LogP contribution in [0.25, 0.3) is 10.9 Å². The topological polar surface area (TPSA) is 37.3 Å². The van der Waals surface area contributed by atoms with Crippen LogP contribution in [-0.4, -0.2) is 36.0 Å². The average Bonchev–Trinajstić information content (AvgIpc) is 3.21. The lowest BCUT2D eigenvalue weighted by molar-refractivity contribution is -0.117. The smallest absolute Gasteiger partial charge is 0.232 e. The van der Waals surface area contributed by atoms with Crippen molar-refractivity contribution >= 4 is 33.8 Å². The maximum Gasteiger partial charge on any atom is 0.232 e. The molecule has 0 radical (unpaired) electrons. The second-order valence-electron chi connectivity index (χ2n) is 6.31. The zero-order valence-electron chi connectivity index (χ0n) is 14.3. The van der Waals surface area contributed by atoms with Crippen LogP contribution in [0.15, 0.2) is 48.0 Å². The van der Waals surface area contributed by atoms with Gasteiger partial charge in [0.25, 0.3) is 0 Å². The highest BCUT2D eigenvalue weighted by Crippen LogP contribution is 2.24. The first kappa shape index (κ1) is 16.7. The Bertz CT molecular complexity index is 820. The monoisotopic (exact) mass is 341 g/mol. The first-order chi connectivity index (χ1) is 11.5. The summed E-state index contributed by atoms with van der Waals surface area (Å²) in [4.78, 5) is 15.7. The van der Waals surface area contributed by atoms with E-state index in [2.05, 4.69) is 53.3 Å². The normalized spacial score (nSPS) is 12.7. The highest BCUT2D eigenvalue weighted by atomic mass is 32.1. The van der Waals surface area contributed by atoms with Gasteiger partial charge >= 0.3 is 0 Å². The van der Waals surface area contributed by atoms with Crippen molar-refractivity contribution in [1.29, 1.82) is 0 Å². The molecule has 1 unspecified atom stereocenters. The van der Waals surface area contributed by atoms with Gasteiger partial charge in [-0.05, 0) is 56.1 Å². The molecule has 2 heterocycles. The molecule has 0 aliphatic carbocycles. The lowest BCUT2D eigenvalue weighted by atomic mass is 10.1. The fourth-order valence-electron chi connectivity index (χ4n) is 2.68. The third-order valence-electron chi connectivity index (χ3n) is 4.19. The van der Waals surface area contributed by atoms with Crippen molar-refractivity contribution in [3.8, 4) is 0 Å². The minimum atomic E-state index is -0.138. The average molecular weight is 341 g/mol. The van der Waals surface area contributed by atoms with E-state index >= 15 is 0 Å². The van der Waals surface area contributed by atoms with Gasteiger partial charge in [-0.25, -0.2) is 0 Å². The van der Waals surface area contributed by atoms with Crippen LogP contribution in [0, 0.1) is 0 Å². The predicted octanol–water partition coefficient (Wildman–Crippen LogP) is 4.01. The number of thiophene rings is 1. The molecule has 3 aromatic rings. The van der Waals surface area contributed by atoms with Crippen LogP contribution in [0.2, 0.25) is 0 Å². The Balaban J connectivity index is 1.77. The Kier molecular flexibility index (Phi) is 5.02. The summed E-state index contributed by atoms with van der Waals surface area (Å²) in [5.74, 6) is -0.107. The van der Waals surface area contributed by atoms with Crippen LogP contribution in [-0.2, 0) is 11.3 Å². The van der Waals surface area contributed by atoms with Gasteiger partial charge in [0.05, 0.1) is 11.4 Å². The van der Waals surface area contributed by atoms with Gasteiger partial charge in [-0.1, -0.05) is 12.1 Å². The van der Waals surface area contributed by atoms with Crippen molar-refractivity contribution in [3.63, 3.8) is 0 Å². The highest BCUT2D eigenvalue weighted by Gasteiger charge is 2.16. The quantitative estimate of drug-likeness (QED) is 0.735. The lowest BCUT2D eigenvalue weighted by Gasteiger charge is -2.13. The number of fused-ring (bicyclic) bond motifs is 1. The van der Waals surface area contributed by atoms with Crippen LogP contribution < -0.4 is 5.32 Å². The Morgan fingerprint density at radius 3 is 2.83 bits per heavy atom. The Morgan fingerprint density at radius 2 is 2.12 bits per heavy atom. The zero-order chi connectivity index (χ0) is 17.1. The molecular weight excluding hydrogens is 318 g/mol. The number of amides is 1. The van der Waals surface area contributed by atoms with E-state index in [4.69, 9.17) is 0 Å². The standard InChI is InChI=1S/C19H23N3OS/c1-14(18-5-4-12-24-18)19(23)20-16-7-6-15-8-9-22(17(15)13-16)11-10-21(2)3/h4-9,12-14H,10-11H2,1-3H3,(H,20,23). The number of likely N-dealkylation sites (N-methyl/N-ethyl adjacent to an activating group) is 1. The maximum atomic E-state index is 12.5. The van der Waals surface area contributed by atoms with Gasteiger partial charge < -0.3 is 14.8 Å². The third kappa shape index (κ3) is 3.68. The molecule has 3 rings (SSSR count). The van der Waals surface area contributed by atoms with E-state index in [1.54, 1.807) is 11.3 Å². The molecule has 1 atom stereocenters. The van der Waals surface area contributed by atoms with E-state index in [1.807, 2.05) is 30.5 Å². The number of anilines is 1. The van der Waals surface area contributed by atoms with Crippen LogP contribution in [0.3, 0.4) is 0 Å². The summed E-state index contributed by atoms with van der Waals surface area (Å²) in [5, 5.41) is 6.24. The summed E-state index contributed by atoms with van der Waals surface area (Å²) < 4.78 is 2.23. The fourth-order valence-corrected chi connectivity index (χ4v) is 3.46. The van der Waals surface area contributed by atoms with E-state index in [-0.39, 0.29) is 11.8 Å². The number of aromatic nitrogens is 1. The summed E-state index contributed by atoms with van der Waals surface area (Å²) in [5.41, 5.74) is 2.00. The molecule has 2 aromatic heterocycles. The number of hydrogen-bond donors (Lipinski definition) is 1. The summed E-state index contributed by atoms with van der Waals surface area (Å²) in [6.45, 7) is 3.86. The third-order valence-corrected chi connectivity index (χ3v) is 5.25. The van der Waals surface area contributed by atoms with Crippen LogP contribution in [0.1, 0.15) is 17.7 Å². The summed E-state index contributed by atoms with van der Waals surface area (Å²) in [6, 6.07) is 12.2. The van der Waals surface area contributed by atoms with E-state index in [0.717, 1.165) is 29.2 Å². The molecule has 0 spiro atoms. The van der Waals surface area contributed by atoms with Gasteiger partial charge in [0, 0.05) is 29.9 Å². The van der Waals surface area contributed by atoms with Crippen molar-refractivity contribution in [3.05, 3.63) is 52.9 Å². The summed E-state index contributed by atoms with van der Waals surface area (Å²) in [7, 11) is 4.15. The molecule has 1 amide bonds. The van der Waals surface area contributed by atoms with Crippen LogP contribution in [0.4, 0.5) is 5.69 Å². The number of nitrogens with zero attached hydrogens (tertiary/aromatic N) is 2. The van der Waals surface area contributed by atoms with Gasteiger partial charge in [0.15, 0.2) is 0 Å². The largest absolute Gasteiger partial charge is 0.346 e. The molecule has 0 fully saturated rings. The molecule has 0 aliphatic heterocycles. The number of hydrogen-bond acceptors (Lipinski definition) is 3. The predicted molar refractivity (Wildman–Crippen MR) is 102 cm³/mol. The molecule has 5 heteroatoms. The van der Waals surface area contributed by atoms with E-state index in [0.29, 0.717) is 0 Å². The van der Waals surface area contributed by atoms with Crippen molar-refractivity contribution in [2.24, 2.45) is 0 Å². The molecule has 24 heavy (non-hydrogen) atoms. The SMILES string of the molecule is CC(C(=O)Nc1ccc2ccn(CCN(C)C)c2c1)c1cccs1. The second-order valence-corrected chi connectivity index (χ2v) is 7.29. The van der Waals surface area contributed by atoms with Crippen molar-refractivity contribution < 1.29 is 4.79 Å². The molecule has 0 aliphatic rings. The minimum absolute atomic E-state index is 0.0307. The highest BCUT2D eigenvalue weighted by molar-refractivity contribution is 7.10. The summed E-state index contributed by atoms with van der Waals surface area (Å²) >= 11 is 1.62. The minimum Gasteiger partial charge on any atom is -0.346 e. The van der Waals surface area contributed by atoms with E-state index in [1.165, 1.54) is 5.39 Å². The number of carbonyl (C=O) groups is 1. The fraction of sp³-hybridized carbons (Fsp3) is 0.316. The maximum absolute atomic E-state index is 12.5. The number of nitrogens with one attached hydrogen (secondary N) is 1. The van der Waals surface area contributed by atoms with Gasteiger partial charge in [0.1, 0.15) is 0 Å². The summed E-state index contributed by atoms with van der Waals surface area (Å²) in [6.07, 6.45) is 2.11. The van der Waals surface area contributed by atoms with Gasteiger partial charge in [-0.2, -0.15) is 0 Å². The first-order valence-electron chi connectivity index (χ1n) is 8.12. The zero-order valence-corrected chi connectivity index (χ0v) is 15.1. The number of benzene rings is 1. The van der Waals surface area contributed by atoms with Crippen LogP contribution >= 0.6 is 11.3 Å². The molecule has 0 bridgehead atoms. The number of carbonyl (C=O) groups excluding carboxylic acids is 1. The van der Waals surface area contributed by atoms with Gasteiger partial charge in [-0.3, -0.25) is 4.79 Å². The van der Waals surface area contributed by atoms with Gasteiger partial charge in [-0.15, -0.1) is 11.3 Å². The Hall–Kier alpha value is -2.11. The molecule has 1 N–H and O–H groups in total. The van der Waals surface area contributed by atoms with Crippen molar-refractivity contribution in [2.45, 2.75) is 19.4 Å². The van der Waals surface area contributed by atoms with E-state index < -0.39 is 0 Å². The first-order valence-corrected chi connectivity index (χ1v) is 9.00. The van der Waals surface area contributed by atoms with E-state index in [9.17, 15) is 4.79 Å². The molecular formula is C19H23N3OS. The molecule has 0 saturated carbocycles. The molecule has 4 nitrogen and oxygen atoms in total. The molecule has 1 aromatic carbocycles. The lowest BCUT2D eigenvalue weighted by Crippen LogP contribution is -2.18. The Labute approximate surface area is 146 Å². The Morgan fingerprint density at radius 1 is 1.29 bits per heavy atom. The van der Waals surface area contributed by atoms with Crippen molar-refractivity contribution in [1.82, 2.24) is 9.47 Å². The molecule has 0 saturated heterocycles. The van der Waals surface area contributed by atoms with Crippen LogP contribution in [0.5, 0.6) is 0 Å². The second kappa shape index (κ2) is 7.20. The van der Waals surface area contributed by atoms with Gasteiger partial charge in [0.2, 0.25) is 5.91 Å². The molecule has 126 valence electrons. The number of rotatable bonds is 6. The van der Waals surface area contributed by atoms with Crippen molar-refractivity contribution in [2.75, 3.05) is 26.0 Å².